The second-order valence-electron chi connectivity index (χ2n) is 5.08. The van der Waals surface area contributed by atoms with E-state index in [0.29, 0.717) is 0 Å². The van der Waals surface area contributed by atoms with Gasteiger partial charge in [0.15, 0.2) is 0 Å². The standard InChI is InChI=1S/C17H13FN2O3S/c18-15-7-3-6-14(10-15)17(21)19-20-24(22,23)16-9-8-12-4-1-2-5-13(12)11-16/h1-11,20H,(H,19,21). The Morgan fingerprint density at radius 1 is 0.875 bits per heavy atom. The monoisotopic (exact) mass is 344 g/mol. The summed E-state index contributed by atoms with van der Waals surface area (Å²) < 4.78 is 37.7. The van der Waals surface area contributed by atoms with Crippen molar-refractivity contribution in [2.45, 2.75) is 4.90 Å². The Balaban J connectivity index is 1.79. The maximum absolute atomic E-state index is 13.1. The highest BCUT2D eigenvalue weighted by atomic mass is 32.2. The maximum Gasteiger partial charge on any atom is 0.266 e. The number of hydrazine groups is 1. The van der Waals surface area contributed by atoms with Crippen LogP contribution in [0.4, 0.5) is 4.39 Å². The van der Waals surface area contributed by atoms with Gasteiger partial charge in [-0.1, -0.05) is 36.4 Å². The molecule has 0 atom stereocenters. The third-order valence-corrected chi connectivity index (χ3v) is 4.66. The zero-order valence-corrected chi connectivity index (χ0v) is 13.2. The second-order valence-corrected chi connectivity index (χ2v) is 6.76. The van der Waals surface area contributed by atoms with Crippen molar-refractivity contribution in [3.63, 3.8) is 0 Å². The van der Waals surface area contributed by atoms with E-state index in [1.165, 1.54) is 30.3 Å². The van der Waals surface area contributed by atoms with Crippen molar-refractivity contribution in [1.82, 2.24) is 10.3 Å². The topological polar surface area (TPSA) is 75.3 Å². The fourth-order valence-corrected chi connectivity index (χ4v) is 3.08. The summed E-state index contributed by atoms with van der Waals surface area (Å²) in [5.74, 6) is -1.33. The van der Waals surface area contributed by atoms with E-state index in [4.69, 9.17) is 0 Å². The summed E-state index contributed by atoms with van der Waals surface area (Å²) in [5, 5.41) is 1.66. The average Bonchev–Trinajstić information content (AvgIpc) is 2.59. The van der Waals surface area contributed by atoms with Gasteiger partial charge in [0, 0.05) is 5.56 Å². The van der Waals surface area contributed by atoms with Crippen LogP contribution < -0.4 is 10.3 Å². The number of hydrogen-bond acceptors (Lipinski definition) is 3. The molecule has 0 aromatic heterocycles. The molecule has 7 heteroatoms. The van der Waals surface area contributed by atoms with Crippen molar-refractivity contribution >= 4 is 26.7 Å². The van der Waals surface area contributed by atoms with Crippen LogP contribution in [0.5, 0.6) is 0 Å². The molecule has 0 aliphatic heterocycles. The molecule has 2 N–H and O–H groups in total. The number of rotatable bonds is 4. The van der Waals surface area contributed by atoms with Gasteiger partial charge in [-0.2, -0.15) is 0 Å². The normalized spacial score (nSPS) is 11.4. The summed E-state index contributed by atoms with van der Waals surface area (Å²) in [6.07, 6.45) is 0. The van der Waals surface area contributed by atoms with Crippen LogP contribution in [0.2, 0.25) is 0 Å². The highest BCUT2D eigenvalue weighted by Crippen LogP contribution is 2.18. The number of halogens is 1. The van der Waals surface area contributed by atoms with Crippen LogP contribution in [0.25, 0.3) is 10.8 Å². The number of carbonyl (C=O) groups is 1. The molecule has 0 unspecified atom stereocenters. The van der Waals surface area contributed by atoms with Crippen molar-refractivity contribution in [3.05, 3.63) is 78.1 Å². The Bertz CT molecular complexity index is 1020. The van der Waals surface area contributed by atoms with E-state index in [2.05, 4.69) is 5.43 Å². The second kappa shape index (κ2) is 6.38. The molecule has 3 rings (SSSR count). The lowest BCUT2D eigenvalue weighted by Gasteiger charge is -2.09. The Hall–Kier alpha value is -2.77. The molecule has 0 spiro atoms. The average molecular weight is 344 g/mol. The smallest absolute Gasteiger partial charge is 0.266 e. The Labute approximate surface area is 138 Å². The van der Waals surface area contributed by atoms with Crippen molar-refractivity contribution < 1.29 is 17.6 Å². The summed E-state index contributed by atoms with van der Waals surface area (Å²) in [6.45, 7) is 0. The van der Waals surface area contributed by atoms with Crippen molar-refractivity contribution in [1.29, 1.82) is 0 Å². The molecule has 0 aliphatic carbocycles. The van der Waals surface area contributed by atoms with Gasteiger partial charge in [0.05, 0.1) is 4.90 Å². The fraction of sp³-hybridized carbons (Fsp3) is 0. The van der Waals surface area contributed by atoms with Crippen LogP contribution in [0.1, 0.15) is 10.4 Å². The van der Waals surface area contributed by atoms with Gasteiger partial charge in [0.25, 0.3) is 15.9 Å². The van der Waals surface area contributed by atoms with Crippen LogP contribution in [-0.2, 0) is 10.0 Å². The van der Waals surface area contributed by atoms with Gasteiger partial charge in [-0.25, -0.2) is 12.8 Å². The number of fused-ring (bicyclic) bond motifs is 1. The number of carbonyl (C=O) groups excluding carboxylic acids is 1. The minimum absolute atomic E-state index is 0.0104. The highest BCUT2D eigenvalue weighted by molar-refractivity contribution is 7.89. The van der Waals surface area contributed by atoms with Crippen LogP contribution in [0.3, 0.4) is 0 Å². The molecule has 24 heavy (non-hydrogen) atoms. The Kier molecular flexibility index (Phi) is 4.28. The van der Waals surface area contributed by atoms with Crippen molar-refractivity contribution in [2.24, 2.45) is 0 Å². The molecule has 122 valence electrons. The van der Waals surface area contributed by atoms with Crippen LogP contribution >= 0.6 is 0 Å². The fourth-order valence-electron chi connectivity index (χ4n) is 2.21. The molecule has 3 aromatic carbocycles. The summed E-state index contributed by atoms with van der Waals surface area (Å²) in [5.41, 5.74) is 2.08. The largest absolute Gasteiger partial charge is 0.273 e. The molecule has 1 amide bonds. The lowest BCUT2D eigenvalue weighted by atomic mass is 10.1. The predicted molar refractivity (Wildman–Crippen MR) is 88.1 cm³/mol. The van der Waals surface area contributed by atoms with E-state index in [1.54, 1.807) is 18.2 Å². The first-order valence-electron chi connectivity index (χ1n) is 7.02. The molecule has 0 saturated carbocycles. The Morgan fingerprint density at radius 2 is 1.62 bits per heavy atom. The molecule has 0 heterocycles. The molecule has 5 nitrogen and oxygen atoms in total. The first kappa shape index (κ1) is 16.1. The summed E-state index contributed by atoms with van der Waals surface area (Å²) >= 11 is 0. The van der Waals surface area contributed by atoms with Gasteiger partial charge < -0.3 is 0 Å². The van der Waals surface area contributed by atoms with Gasteiger partial charge in [-0.05, 0) is 41.1 Å². The zero-order chi connectivity index (χ0) is 17.2. The number of hydrogen-bond donors (Lipinski definition) is 2. The minimum atomic E-state index is -3.94. The van der Waals surface area contributed by atoms with E-state index in [0.717, 1.165) is 16.8 Å². The van der Waals surface area contributed by atoms with Gasteiger partial charge >= 0.3 is 0 Å². The van der Waals surface area contributed by atoms with E-state index < -0.39 is 21.7 Å². The first-order valence-corrected chi connectivity index (χ1v) is 8.50. The predicted octanol–water partition coefficient (Wildman–Crippen LogP) is 2.60. The van der Waals surface area contributed by atoms with E-state index in [-0.39, 0.29) is 10.5 Å². The van der Waals surface area contributed by atoms with E-state index >= 15 is 0 Å². The number of nitrogens with one attached hydrogen (secondary N) is 2. The molecule has 3 aromatic rings. The zero-order valence-electron chi connectivity index (χ0n) is 12.4. The molecular formula is C17H13FN2O3S. The molecule has 0 bridgehead atoms. The van der Waals surface area contributed by atoms with E-state index in [9.17, 15) is 17.6 Å². The van der Waals surface area contributed by atoms with Gasteiger partial charge in [0.2, 0.25) is 0 Å². The molecule has 0 saturated heterocycles. The lowest BCUT2D eigenvalue weighted by Crippen LogP contribution is -2.41. The maximum atomic E-state index is 13.1. The summed E-state index contributed by atoms with van der Waals surface area (Å²) in [7, 11) is -3.94. The van der Waals surface area contributed by atoms with E-state index in [1.807, 2.05) is 17.0 Å². The third-order valence-electron chi connectivity index (χ3n) is 3.42. The highest BCUT2D eigenvalue weighted by Gasteiger charge is 2.16. The summed E-state index contributed by atoms with van der Waals surface area (Å²) in [4.78, 5) is 13.9. The molecule has 0 radical (unpaired) electrons. The molecular weight excluding hydrogens is 331 g/mol. The first-order chi connectivity index (χ1) is 11.5. The van der Waals surface area contributed by atoms with Gasteiger partial charge in [-0.3, -0.25) is 10.2 Å². The van der Waals surface area contributed by atoms with Gasteiger partial charge in [-0.15, -0.1) is 4.83 Å². The Morgan fingerprint density at radius 3 is 2.38 bits per heavy atom. The lowest BCUT2D eigenvalue weighted by molar-refractivity contribution is 0.0944. The van der Waals surface area contributed by atoms with Crippen molar-refractivity contribution in [2.75, 3.05) is 0 Å². The molecule has 0 aliphatic rings. The number of amides is 1. The van der Waals surface area contributed by atoms with Gasteiger partial charge in [0.1, 0.15) is 5.82 Å². The number of sulfonamides is 1. The van der Waals surface area contributed by atoms with Crippen LogP contribution in [0, 0.1) is 5.82 Å². The van der Waals surface area contributed by atoms with Crippen LogP contribution in [-0.4, -0.2) is 14.3 Å². The SMILES string of the molecule is O=C(NNS(=O)(=O)c1ccc2ccccc2c1)c1cccc(F)c1. The molecule has 0 fully saturated rings. The number of benzene rings is 3. The van der Waals surface area contributed by atoms with Crippen molar-refractivity contribution in [3.8, 4) is 0 Å². The van der Waals surface area contributed by atoms with Crippen LogP contribution in [0.15, 0.2) is 71.6 Å². The quantitative estimate of drug-likeness (QED) is 0.715. The minimum Gasteiger partial charge on any atom is -0.273 e. The summed E-state index contributed by atoms with van der Waals surface area (Å²) in [6, 6.07) is 16.9. The third kappa shape index (κ3) is 3.42.